The topological polar surface area (TPSA) is 41.6 Å². The summed E-state index contributed by atoms with van der Waals surface area (Å²) in [5, 5.41) is 3.75. The fraction of sp³-hybridized carbons (Fsp3) is 0.588. The van der Waals surface area contributed by atoms with Crippen molar-refractivity contribution in [1.82, 2.24) is 5.32 Å². The molecular weight excluding hydrogens is 300 g/mol. The standard InChI is InChI=1S/C17H23ClN2O2/c18-15-3-5-16(6-4-15)20-8-7-14(10-20)9-19-17(21)12-22-11-13-1-2-13/h3-6,13-14H,1-2,7-12H2,(H,19,21). The summed E-state index contributed by atoms with van der Waals surface area (Å²) in [5.74, 6) is 1.21. The van der Waals surface area contributed by atoms with Gasteiger partial charge in [-0.2, -0.15) is 0 Å². The minimum Gasteiger partial charge on any atom is -0.371 e. The first-order chi connectivity index (χ1) is 10.7. The number of halogens is 1. The van der Waals surface area contributed by atoms with Crippen molar-refractivity contribution in [2.24, 2.45) is 11.8 Å². The smallest absolute Gasteiger partial charge is 0.246 e. The molecule has 1 aromatic rings. The molecule has 4 nitrogen and oxygen atoms in total. The van der Waals surface area contributed by atoms with Crippen molar-refractivity contribution in [3.63, 3.8) is 0 Å². The van der Waals surface area contributed by atoms with Crippen molar-refractivity contribution in [1.29, 1.82) is 0 Å². The van der Waals surface area contributed by atoms with Crippen molar-refractivity contribution in [2.75, 3.05) is 37.7 Å². The van der Waals surface area contributed by atoms with Crippen LogP contribution >= 0.6 is 11.6 Å². The molecule has 0 bridgehead atoms. The number of nitrogens with one attached hydrogen (secondary N) is 1. The molecule has 1 unspecified atom stereocenters. The van der Waals surface area contributed by atoms with E-state index in [9.17, 15) is 4.79 Å². The maximum atomic E-state index is 11.7. The van der Waals surface area contributed by atoms with Gasteiger partial charge in [0.25, 0.3) is 0 Å². The molecule has 1 saturated heterocycles. The van der Waals surface area contributed by atoms with Crippen LogP contribution in [0.1, 0.15) is 19.3 Å². The molecule has 0 spiro atoms. The van der Waals surface area contributed by atoms with Gasteiger partial charge >= 0.3 is 0 Å². The molecule has 0 aromatic heterocycles. The minimum absolute atomic E-state index is 0.00518. The average molecular weight is 323 g/mol. The molecule has 2 aliphatic rings. The third kappa shape index (κ3) is 4.62. The van der Waals surface area contributed by atoms with Gasteiger partial charge in [0.2, 0.25) is 5.91 Å². The maximum Gasteiger partial charge on any atom is 0.246 e. The zero-order chi connectivity index (χ0) is 15.4. The summed E-state index contributed by atoms with van der Waals surface area (Å²) in [6.07, 6.45) is 3.61. The zero-order valence-corrected chi connectivity index (χ0v) is 13.5. The molecule has 0 radical (unpaired) electrons. The highest BCUT2D eigenvalue weighted by atomic mass is 35.5. The van der Waals surface area contributed by atoms with E-state index in [0.717, 1.165) is 37.7 Å². The van der Waals surface area contributed by atoms with Gasteiger partial charge in [-0.3, -0.25) is 4.79 Å². The van der Waals surface area contributed by atoms with Crippen molar-refractivity contribution < 1.29 is 9.53 Å². The van der Waals surface area contributed by atoms with E-state index in [4.69, 9.17) is 16.3 Å². The number of benzene rings is 1. The molecule has 22 heavy (non-hydrogen) atoms. The lowest BCUT2D eigenvalue weighted by atomic mass is 10.1. The molecule has 120 valence electrons. The normalized spacial score (nSPS) is 21.1. The molecule has 3 rings (SSSR count). The Kier molecular flexibility index (Phi) is 5.21. The number of carbonyl (C=O) groups excluding carboxylic acids is 1. The first-order valence-electron chi connectivity index (χ1n) is 8.05. The number of carbonyl (C=O) groups is 1. The maximum absolute atomic E-state index is 11.7. The Morgan fingerprint density at radius 2 is 2.00 bits per heavy atom. The van der Waals surface area contributed by atoms with E-state index in [-0.39, 0.29) is 12.5 Å². The number of nitrogens with zero attached hydrogens (tertiary/aromatic N) is 1. The number of anilines is 1. The summed E-state index contributed by atoms with van der Waals surface area (Å²) in [5.41, 5.74) is 1.20. The number of hydrogen-bond donors (Lipinski definition) is 1. The average Bonchev–Trinajstić information content (AvgIpc) is 3.22. The van der Waals surface area contributed by atoms with Gasteiger partial charge in [0, 0.05) is 30.3 Å². The van der Waals surface area contributed by atoms with E-state index in [1.165, 1.54) is 18.5 Å². The fourth-order valence-corrected chi connectivity index (χ4v) is 2.92. The van der Waals surface area contributed by atoms with E-state index in [1.807, 2.05) is 12.1 Å². The summed E-state index contributed by atoms with van der Waals surface area (Å²) < 4.78 is 5.40. The molecule has 1 aliphatic carbocycles. The lowest BCUT2D eigenvalue weighted by Gasteiger charge is -2.19. The largest absolute Gasteiger partial charge is 0.371 e. The van der Waals surface area contributed by atoms with Crippen LogP contribution in [0.2, 0.25) is 5.02 Å². The summed E-state index contributed by atoms with van der Waals surface area (Å²) in [6, 6.07) is 7.94. The molecule has 1 amide bonds. The predicted molar refractivity (Wildman–Crippen MR) is 88.3 cm³/mol. The van der Waals surface area contributed by atoms with Crippen molar-refractivity contribution in [3.05, 3.63) is 29.3 Å². The molecule has 1 aromatic carbocycles. The third-order valence-corrected chi connectivity index (χ3v) is 4.60. The monoisotopic (exact) mass is 322 g/mol. The van der Waals surface area contributed by atoms with E-state index in [0.29, 0.717) is 11.8 Å². The van der Waals surface area contributed by atoms with Crippen molar-refractivity contribution in [2.45, 2.75) is 19.3 Å². The lowest BCUT2D eigenvalue weighted by Crippen LogP contribution is -2.33. The van der Waals surface area contributed by atoms with Crippen LogP contribution in [0.25, 0.3) is 0 Å². The molecule has 1 saturated carbocycles. The second-order valence-corrected chi connectivity index (χ2v) is 6.78. The van der Waals surface area contributed by atoms with Gasteiger partial charge in [0.05, 0.1) is 6.61 Å². The van der Waals surface area contributed by atoms with Gasteiger partial charge in [-0.15, -0.1) is 0 Å². The summed E-state index contributed by atoms with van der Waals surface area (Å²) in [7, 11) is 0. The van der Waals surface area contributed by atoms with Crippen LogP contribution in [0.3, 0.4) is 0 Å². The van der Waals surface area contributed by atoms with E-state index < -0.39 is 0 Å². The molecule has 2 fully saturated rings. The molecule has 1 atom stereocenters. The minimum atomic E-state index is 0.00518. The summed E-state index contributed by atoms with van der Waals surface area (Å²) in [4.78, 5) is 14.1. The number of amides is 1. The molecule has 1 aliphatic heterocycles. The first kappa shape index (κ1) is 15.6. The Morgan fingerprint density at radius 1 is 1.23 bits per heavy atom. The fourth-order valence-electron chi connectivity index (χ4n) is 2.80. The highest BCUT2D eigenvalue weighted by Crippen LogP contribution is 2.28. The Labute approximate surface area is 136 Å². The Morgan fingerprint density at radius 3 is 2.73 bits per heavy atom. The van der Waals surface area contributed by atoms with Crippen LogP contribution < -0.4 is 10.2 Å². The van der Waals surface area contributed by atoms with Crippen LogP contribution in [-0.2, 0) is 9.53 Å². The van der Waals surface area contributed by atoms with E-state index in [2.05, 4.69) is 22.3 Å². The second-order valence-electron chi connectivity index (χ2n) is 6.34. The predicted octanol–water partition coefficient (Wildman–Crippen LogP) is 2.71. The zero-order valence-electron chi connectivity index (χ0n) is 12.8. The van der Waals surface area contributed by atoms with Gasteiger partial charge in [-0.05, 0) is 55.4 Å². The Bertz CT molecular complexity index is 502. The van der Waals surface area contributed by atoms with Crippen LogP contribution in [0.15, 0.2) is 24.3 Å². The first-order valence-corrected chi connectivity index (χ1v) is 8.43. The Hall–Kier alpha value is -1.26. The Balaban J connectivity index is 1.35. The molecule has 5 heteroatoms. The van der Waals surface area contributed by atoms with Gasteiger partial charge in [0.15, 0.2) is 0 Å². The van der Waals surface area contributed by atoms with Crippen LogP contribution in [0.4, 0.5) is 5.69 Å². The van der Waals surface area contributed by atoms with Crippen molar-refractivity contribution in [3.8, 4) is 0 Å². The van der Waals surface area contributed by atoms with E-state index >= 15 is 0 Å². The van der Waals surface area contributed by atoms with E-state index in [1.54, 1.807) is 0 Å². The van der Waals surface area contributed by atoms with Crippen LogP contribution in [-0.4, -0.2) is 38.8 Å². The highest BCUT2D eigenvalue weighted by Gasteiger charge is 2.24. The number of hydrogen-bond acceptors (Lipinski definition) is 3. The van der Waals surface area contributed by atoms with Crippen molar-refractivity contribution >= 4 is 23.2 Å². The highest BCUT2D eigenvalue weighted by molar-refractivity contribution is 6.30. The SMILES string of the molecule is O=C(COCC1CC1)NCC1CCN(c2ccc(Cl)cc2)C1. The summed E-state index contributed by atoms with van der Waals surface area (Å²) in [6.45, 7) is 3.67. The van der Waals surface area contributed by atoms with Gasteiger partial charge < -0.3 is 15.0 Å². The lowest BCUT2D eigenvalue weighted by molar-refractivity contribution is -0.126. The van der Waals surface area contributed by atoms with Gasteiger partial charge in [0.1, 0.15) is 6.61 Å². The molecule has 1 heterocycles. The number of ether oxygens (including phenoxy) is 1. The van der Waals surface area contributed by atoms with Crippen LogP contribution in [0, 0.1) is 11.8 Å². The van der Waals surface area contributed by atoms with Gasteiger partial charge in [-0.25, -0.2) is 0 Å². The second kappa shape index (κ2) is 7.34. The van der Waals surface area contributed by atoms with Crippen LogP contribution in [0.5, 0.6) is 0 Å². The molecule has 1 N–H and O–H groups in total. The number of rotatable bonds is 7. The quantitative estimate of drug-likeness (QED) is 0.839. The van der Waals surface area contributed by atoms with Gasteiger partial charge in [-0.1, -0.05) is 11.6 Å². The third-order valence-electron chi connectivity index (χ3n) is 4.35. The molecular formula is C17H23ClN2O2. The summed E-state index contributed by atoms with van der Waals surface area (Å²) >= 11 is 5.92.